The SMILES string of the molecule is Brc1ccc2ncc(Cc3ccc4ccccc4c3)n2c1. The van der Waals surface area contributed by atoms with Gasteiger partial charge in [-0.1, -0.05) is 42.5 Å². The van der Waals surface area contributed by atoms with E-state index >= 15 is 0 Å². The van der Waals surface area contributed by atoms with Gasteiger partial charge in [-0.15, -0.1) is 0 Å². The molecule has 0 saturated carbocycles. The molecule has 2 aromatic carbocycles. The first kappa shape index (κ1) is 12.6. The highest BCUT2D eigenvalue weighted by molar-refractivity contribution is 9.10. The second kappa shape index (κ2) is 5.01. The van der Waals surface area contributed by atoms with Crippen LogP contribution in [0.5, 0.6) is 0 Å². The summed E-state index contributed by atoms with van der Waals surface area (Å²) in [5, 5.41) is 2.56. The van der Waals surface area contributed by atoms with Crippen molar-refractivity contribution in [2.45, 2.75) is 6.42 Å². The number of hydrogen-bond acceptors (Lipinski definition) is 1. The van der Waals surface area contributed by atoms with Gasteiger partial charge in [0.05, 0.1) is 0 Å². The molecular formula is C18H13BrN2. The van der Waals surface area contributed by atoms with Crippen LogP contribution in [0.3, 0.4) is 0 Å². The maximum absolute atomic E-state index is 4.46. The second-order valence-electron chi connectivity index (χ2n) is 5.18. The maximum Gasteiger partial charge on any atom is 0.136 e. The Balaban J connectivity index is 1.77. The Bertz CT molecular complexity index is 940. The first-order valence-corrected chi connectivity index (χ1v) is 7.68. The Morgan fingerprint density at radius 1 is 0.952 bits per heavy atom. The Hall–Kier alpha value is -2.13. The summed E-state index contributed by atoms with van der Waals surface area (Å²) in [6.07, 6.45) is 4.90. The summed E-state index contributed by atoms with van der Waals surface area (Å²) in [7, 11) is 0. The molecule has 2 nitrogen and oxygen atoms in total. The number of imidazole rings is 1. The van der Waals surface area contributed by atoms with Crippen LogP contribution in [0.15, 0.2) is 71.5 Å². The highest BCUT2D eigenvalue weighted by Crippen LogP contribution is 2.20. The molecule has 21 heavy (non-hydrogen) atoms. The summed E-state index contributed by atoms with van der Waals surface area (Å²) in [5.74, 6) is 0. The molecule has 0 bridgehead atoms. The van der Waals surface area contributed by atoms with Crippen LogP contribution in [0.2, 0.25) is 0 Å². The zero-order valence-corrected chi connectivity index (χ0v) is 12.9. The lowest BCUT2D eigenvalue weighted by Gasteiger charge is -2.05. The largest absolute Gasteiger partial charge is 0.303 e. The molecule has 0 amide bonds. The van der Waals surface area contributed by atoms with Gasteiger partial charge >= 0.3 is 0 Å². The fourth-order valence-electron chi connectivity index (χ4n) is 2.69. The van der Waals surface area contributed by atoms with Gasteiger partial charge in [-0.2, -0.15) is 0 Å². The molecule has 0 radical (unpaired) electrons. The van der Waals surface area contributed by atoms with E-state index in [1.54, 1.807) is 0 Å². The van der Waals surface area contributed by atoms with Crippen LogP contribution in [-0.4, -0.2) is 9.38 Å². The molecule has 2 heterocycles. The predicted octanol–water partition coefficient (Wildman–Crippen LogP) is 4.84. The lowest BCUT2D eigenvalue weighted by molar-refractivity contribution is 1.02. The van der Waals surface area contributed by atoms with Gasteiger partial charge in [-0.3, -0.25) is 0 Å². The Kier molecular flexibility index (Phi) is 3.00. The quantitative estimate of drug-likeness (QED) is 0.512. The fraction of sp³-hybridized carbons (Fsp3) is 0.0556. The van der Waals surface area contributed by atoms with E-state index in [9.17, 15) is 0 Å². The van der Waals surface area contributed by atoms with Gasteiger partial charge in [0.2, 0.25) is 0 Å². The molecule has 2 aromatic heterocycles. The molecule has 0 aliphatic carbocycles. The lowest BCUT2D eigenvalue weighted by Crippen LogP contribution is -1.94. The molecule has 3 heteroatoms. The number of aromatic nitrogens is 2. The third-order valence-electron chi connectivity index (χ3n) is 3.75. The molecule has 0 atom stereocenters. The van der Waals surface area contributed by atoms with Gasteiger partial charge in [0.25, 0.3) is 0 Å². The van der Waals surface area contributed by atoms with Gasteiger partial charge in [0.1, 0.15) is 5.65 Å². The van der Waals surface area contributed by atoms with Crippen molar-refractivity contribution in [1.82, 2.24) is 9.38 Å². The Morgan fingerprint density at radius 2 is 1.81 bits per heavy atom. The minimum Gasteiger partial charge on any atom is -0.303 e. The lowest BCUT2D eigenvalue weighted by atomic mass is 10.0. The van der Waals surface area contributed by atoms with Crippen molar-refractivity contribution in [1.29, 1.82) is 0 Å². The van der Waals surface area contributed by atoms with E-state index in [0.29, 0.717) is 0 Å². The van der Waals surface area contributed by atoms with E-state index in [-0.39, 0.29) is 0 Å². The molecule has 0 fully saturated rings. The Morgan fingerprint density at radius 3 is 2.71 bits per heavy atom. The van der Waals surface area contributed by atoms with E-state index in [4.69, 9.17) is 0 Å². The first-order chi connectivity index (χ1) is 10.3. The number of fused-ring (bicyclic) bond motifs is 2. The molecule has 4 rings (SSSR count). The number of rotatable bonds is 2. The van der Waals surface area contributed by atoms with Gasteiger partial charge in [-0.05, 0) is 44.4 Å². The molecule has 0 unspecified atom stereocenters. The number of benzene rings is 2. The number of pyridine rings is 1. The highest BCUT2D eigenvalue weighted by Gasteiger charge is 2.05. The van der Waals surface area contributed by atoms with Crippen LogP contribution in [0.1, 0.15) is 11.3 Å². The standard InChI is InChI=1S/C18H13BrN2/c19-16-7-8-18-20-11-17(21(18)12-16)10-13-5-6-14-3-1-2-4-15(14)9-13/h1-9,11-12H,10H2. The number of hydrogen-bond donors (Lipinski definition) is 0. The van der Waals surface area contributed by atoms with E-state index in [1.807, 2.05) is 18.3 Å². The molecular weight excluding hydrogens is 324 g/mol. The minimum atomic E-state index is 0.877. The summed E-state index contributed by atoms with van der Waals surface area (Å²) in [4.78, 5) is 4.46. The van der Waals surface area contributed by atoms with Crippen LogP contribution < -0.4 is 0 Å². The normalized spacial score (nSPS) is 11.3. The van der Waals surface area contributed by atoms with Gasteiger partial charge in [0.15, 0.2) is 0 Å². The predicted molar refractivity (Wildman–Crippen MR) is 89.6 cm³/mol. The van der Waals surface area contributed by atoms with Crippen LogP contribution in [0, 0.1) is 0 Å². The van der Waals surface area contributed by atoms with Crippen LogP contribution in [0.25, 0.3) is 16.4 Å². The molecule has 0 aliphatic heterocycles. The summed E-state index contributed by atoms with van der Waals surface area (Å²) in [6, 6.07) is 19.1. The third-order valence-corrected chi connectivity index (χ3v) is 4.21. The molecule has 0 N–H and O–H groups in total. The molecule has 0 spiro atoms. The zero-order chi connectivity index (χ0) is 14.2. The minimum absolute atomic E-state index is 0.877. The van der Waals surface area contributed by atoms with Crippen molar-refractivity contribution >= 4 is 32.3 Å². The van der Waals surface area contributed by atoms with Gasteiger partial charge in [0, 0.05) is 29.0 Å². The summed E-state index contributed by atoms with van der Waals surface area (Å²) < 4.78 is 3.20. The van der Waals surface area contributed by atoms with Crippen LogP contribution >= 0.6 is 15.9 Å². The highest BCUT2D eigenvalue weighted by atomic mass is 79.9. The average Bonchev–Trinajstić information content (AvgIpc) is 2.89. The third kappa shape index (κ3) is 2.34. The van der Waals surface area contributed by atoms with Crippen molar-refractivity contribution in [2.24, 2.45) is 0 Å². The molecule has 0 aliphatic rings. The maximum atomic E-state index is 4.46. The van der Waals surface area contributed by atoms with Gasteiger partial charge < -0.3 is 4.40 Å². The average molecular weight is 337 g/mol. The molecule has 4 aromatic rings. The van der Waals surface area contributed by atoms with Crippen molar-refractivity contribution in [3.8, 4) is 0 Å². The monoisotopic (exact) mass is 336 g/mol. The zero-order valence-electron chi connectivity index (χ0n) is 11.3. The van der Waals surface area contributed by atoms with Crippen molar-refractivity contribution < 1.29 is 0 Å². The van der Waals surface area contributed by atoms with Crippen molar-refractivity contribution in [2.75, 3.05) is 0 Å². The molecule has 0 saturated heterocycles. The van der Waals surface area contributed by atoms with Crippen molar-refractivity contribution in [3.63, 3.8) is 0 Å². The number of nitrogens with zero attached hydrogens (tertiary/aromatic N) is 2. The number of halogens is 1. The first-order valence-electron chi connectivity index (χ1n) is 6.89. The van der Waals surface area contributed by atoms with E-state index in [0.717, 1.165) is 16.5 Å². The van der Waals surface area contributed by atoms with E-state index < -0.39 is 0 Å². The van der Waals surface area contributed by atoms with Gasteiger partial charge in [-0.25, -0.2) is 4.98 Å². The topological polar surface area (TPSA) is 17.3 Å². The summed E-state index contributed by atoms with van der Waals surface area (Å²) >= 11 is 3.52. The van der Waals surface area contributed by atoms with E-state index in [1.165, 1.54) is 22.0 Å². The second-order valence-corrected chi connectivity index (χ2v) is 6.10. The molecule has 102 valence electrons. The Labute approximate surface area is 131 Å². The fourth-order valence-corrected chi connectivity index (χ4v) is 3.03. The summed E-state index contributed by atoms with van der Waals surface area (Å²) in [6.45, 7) is 0. The van der Waals surface area contributed by atoms with Crippen LogP contribution in [-0.2, 0) is 6.42 Å². The summed E-state index contributed by atoms with van der Waals surface area (Å²) in [5.41, 5.74) is 3.48. The van der Waals surface area contributed by atoms with E-state index in [2.05, 4.69) is 74.0 Å². The van der Waals surface area contributed by atoms with Crippen molar-refractivity contribution in [3.05, 3.63) is 82.7 Å². The smallest absolute Gasteiger partial charge is 0.136 e. The van der Waals surface area contributed by atoms with Crippen LogP contribution in [0.4, 0.5) is 0 Å².